The molecule has 0 aliphatic carbocycles. The largest absolute Gasteiger partial charge is 0.307 e. The lowest BCUT2D eigenvalue weighted by atomic mass is 10.0. The zero-order valence-corrected chi connectivity index (χ0v) is 12.4. The highest BCUT2D eigenvalue weighted by Gasteiger charge is 2.13. The van der Waals surface area contributed by atoms with Crippen molar-refractivity contribution in [3.8, 4) is 0 Å². The first kappa shape index (κ1) is 14.9. The van der Waals surface area contributed by atoms with Crippen LogP contribution >= 0.6 is 23.4 Å². The van der Waals surface area contributed by atoms with Crippen LogP contribution in [0.2, 0.25) is 5.02 Å². The summed E-state index contributed by atoms with van der Waals surface area (Å²) in [7, 11) is 0. The van der Waals surface area contributed by atoms with Gasteiger partial charge in [-0.15, -0.1) is 0 Å². The molecule has 0 aromatic heterocycles. The van der Waals surface area contributed by atoms with Crippen molar-refractivity contribution in [1.82, 2.24) is 5.32 Å². The fraction of sp³-hybridized carbons (Fsp3) is 0.571. The van der Waals surface area contributed by atoms with E-state index in [0.29, 0.717) is 12.1 Å². The van der Waals surface area contributed by atoms with Crippen LogP contribution in [0.1, 0.15) is 38.3 Å². The van der Waals surface area contributed by atoms with Crippen molar-refractivity contribution in [1.29, 1.82) is 0 Å². The molecule has 0 bridgehead atoms. The zero-order valence-electron chi connectivity index (χ0n) is 10.9. The summed E-state index contributed by atoms with van der Waals surface area (Å²) in [6.07, 6.45) is 4.50. The first-order chi connectivity index (χ1) is 8.17. The number of nitrogens with one attached hydrogen (secondary N) is 1. The Morgan fingerprint density at radius 1 is 1.29 bits per heavy atom. The molecule has 0 radical (unpaired) electrons. The van der Waals surface area contributed by atoms with Crippen LogP contribution in [0.25, 0.3) is 0 Å². The summed E-state index contributed by atoms with van der Waals surface area (Å²) in [4.78, 5) is 0. The van der Waals surface area contributed by atoms with Gasteiger partial charge < -0.3 is 5.32 Å². The second kappa shape index (κ2) is 8.02. The summed E-state index contributed by atoms with van der Waals surface area (Å²) in [5, 5.41) is 4.50. The van der Waals surface area contributed by atoms with Crippen molar-refractivity contribution in [2.75, 3.05) is 12.0 Å². The number of hydrogen-bond acceptors (Lipinski definition) is 2. The van der Waals surface area contributed by atoms with Gasteiger partial charge in [0.2, 0.25) is 0 Å². The molecule has 0 aliphatic rings. The molecule has 0 spiro atoms. The van der Waals surface area contributed by atoms with Gasteiger partial charge in [-0.05, 0) is 37.3 Å². The monoisotopic (exact) mass is 271 g/mol. The van der Waals surface area contributed by atoms with E-state index in [4.69, 9.17) is 11.6 Å². The Balaban J connectivity index is 2.67. The van der Waals surface area contributed by atoms with E-state index in [9.17, 15) is 0 Å². The van der Waals surface area contributed by atoms with Gasteiger partial charge >= 0.3 is 0 Å². The van der Waals surface area contributed by atoms with Gasteiger partial charge in [0.15, 0.2) is 0 Å². The molecular formula is C14H22ClNS. The molecular weight excluding hydrogens is 250 g/mol. The molecule has 1 rings (SSSR count). The van der Waals surface area contributed by atoms with Crippen LogP contribution < -0.4 is 5.32 Å². The highest BCUT2D eigenvalue weighted by atomic mass is 35.5. The van der Waals surface area contributed by atoms with Crippen LogP contribution in [-0.4, -0.2) is 18.1 Å². The van der Waals surface area contributed by atoms with E-state index in [1.165, 1.54) is 18.4 Å². The SMILES string of the molecule is CCCC(NC(C)CSC)c1ccc(Cl)cc1. The van der Waals surface area contributed by atoms with E-state index in [0.717, 1.165) is 10.8 Å². The lowest BCUT2D eigenvalue weighted by molar-refractivity contribution is 0.452. The number of hydrogen-bond donors (Lipinski definition) is 1. The van der Waals surface area contributed by atoms with Gasteiger partial charge in [-0.2, -0.15) is 11.8 Å². The maximum Gasteiger partial charge on any atom is 0.0406 e. The Kier molecular flexibility index (Phi) is 7.02. The fourth-order valence-corrected chi connectivity index (χ4v) is 2.69. The van der Waals surface area contributed by atoms with Gasteiger partial charge in [0.25, 0.3) is 0 Å². The topological polar surface area (TPSA) is 12.0 Å². The van der Waals surface area contributed by atoms with Crippen molar-refractivity contribution in [2.24, 2.45) is 0 Å². The Hall–Kier alpha value is -0.180. The van der Waals surface area contributed by atoms with E-state index in [1.807, 2.05) is 23.9 Å². The molecule has 96 valence electrons. The normalized spacial score (nSPS) is 14.6. The van der Waals surface area contributed by atoms with Crippen molar-refractivity contribution in [2.45, 2.75) is 38.8 Å². The van der Waals surface area contributed by atoms with Crippen molar-refractivity contribution < 1.29 is 0 Å². The minimum Gasteiger partial charge on any atom is -0.307 e. The molecule has 0 heterocycles. The second-order valence-corrected chi connectivity index (χ2v) is 5.76. The number of benzene rings is 1. The van der Waals surface area contributed by atoms with E-state index in [-0.39, 0.29) is 0 Å². The maximum absolute atomic E-state index is 5.93. The molecule has 0 amide bonds. The predicted octanol–water partition coefficient (Wildman–Crippen LogP) is 4.52. The Bertz CT molecular complexity index is 313. The highest BCUT2D eigenvalue weighted by molar-refractivity contribution is 7.98. The summed E-state index contributed by atoms with van der Waals surface area (Å²) in [5.74, 6) is 1.15. The van der Waals surface area contributed by atoms with Gasteiger partial charge in [-0.1, -0.05) is 37.1 Å². The summed E-state index contributed by atoms with van der Waals surface area (Å²) >= 11 is 7.81. The summed E-state index contributed by atoms with van der Waals surface area (Å²) in [6.45, 7) is 4.47. The van der Waals surface area contributed by atoms with Crippen LogP contribution in [0.5, 0.6) is 0 Å². The van der Waals surface area contributed by atoms with E-state index in [2.05, 4.69) is 37.6 Å². The third-order valence-electron chi connectivity index (χ3n) is 2.75. The zero-order chi connectivity index (χ0) is 12.7. The molecule has 2 atom stereocenters. The number of thioether (sulfide) groups is 1. The number of halogens is 1. The highest BCUT2D eigenvalue weighted by Crippen LogP contribution is 2.21. The second-order valence-electron chi connectivity index (χ2n) is 4.42. The van der Waals surface area contributed by atoms with Crippen LogP contribution in [0.3, 0.4) is 0 Å². The minimum absolute atomic E-state index is 0.444. The van der Waals surface area contributed by atoms with E-state index >= 15 is 0 Å². The van der Waals surface area contributed by atoms with Crippen LogP contribution in [-0.2, 0) is 0 Å². The van der Waals surface area contributed by atoms with Crippen LogP contribution in [0.4, 0.5) is 0 Å². The third kappa shape index (κ3) is 5.33. The van der Waals surface area contributed by atoms with Gasteiger partial charge in [0.1, 0.15) is 0 Å². The van der Waals surface area contributed by atoms with Gasteiger partial charge in [0, 0.05) is 22.9 Å². The lowest BCUT2D eigenvalue weighted by Crippen LogP contribution is -2.32. The van der Waals surface area contributed by atoms with Crippen LogP contribution in [0.15, 0.2) is 24.3 Å². The molecule has 0 saturated carbocycles. The molecule has 3 heteroatoms. The predicted molar refractivity (Wildman–Crippen MR) is 80.1 cm³/mol. The quantitative estimate of drug-likeness (QED) is 0.782. The average Bonchev–Trinajstić information content (AvgIpc) is 2.30. The van der Waals surface area contributed by atoms with Gasteiger partial charge in [0.05, 0.1) is 0 Å². The lowest BCUT2D eigenvalue weighted by Gasteiger charge is -2.23. The standard InChI is InChI=1S/C14H22ClNS/c1-4-5-14(16-11(2)10-17-3)12-6-8-13(15)9-7-12/h6-9,11,14,16H,4-5,10H2,1-3H3. The van der Waals surface area contributed by atoms with Gasteiger partial charge in [-0.3, -0.25) is 0 Å². The fourth-order valence-electron chi connectivity index (χ4n) is 1.97. The summed E-state index contributed by atoms with van der Waals surface area (Å²) in [5.41, 5.74) is 1.34. The molecule has 2 unspecified atom stereocenters. The molecule has 1 nitrogen and oxygen atoms in total. The Morgan fingerprint density at radius 3 is 2.47 bits per heavy atom. The molecule has 1 N–H and O–H groups in total. The maximum atomic E-state index is 5.93. The summed E-state index contributed by atoms with van der Waals surface area (Å²) < 4.78 is 0. The van der Waals surface area contributed by atoms with E-state index in [1.54, 1.807) is 0 Å². The molecule has 0 aliphatic heterocycles. The molecule has 1 aromatic carbocycles. The first-order valence-electron chi connectivity index (χ1n) is 6.17. The smallest absolute Gasteiger partial charge is 0.0406 e. The van der Waals surface area contributed by atoms with Crippen molar-refractivity contribution in [3.05, 3.63) is 34.9 Å². The van der Waals surface area contributed by atoms with Crippen molar-refractivity contribution in [3.63, 3.8) is 0 Å². The Labute approximate surface area is 114 Å². The summed E-state index contributed by atoms with van der Waals surface area (Å²) in [6, 6.07) is 9.18. The first-order valence-corrected chi connectivity index (χ1v) is 7.95. The molecule has 1 aromatic rings. The average molecular weight is 272 g/mol. The Morgan fingerprint density at radius 2 is 1.94 bits per heavy atom. The minimum atomic E-state index is 0.444. The van der Waals surface area contributed by atoms with E-state index < -0.39 is 0 Å². The molecule has 0 saturated heterocycles. The number of rotatable bonds is 7. The van der Waals surface area contributed by atoms with Gasteiger partial charge in [-0.25, -0.2) is 0 Å². The molecule has 17 heavy (non-hydrogen) atoms. The van der Waals surface area contributed by atoms with Crippen LogP contribution in [0, 0.1) is 0 Å². The third-order valence-corrected chi connectivity index (χ3v) is 3.84. The molecule has 0 fully saturated rings. The van der Waals surface area contributed by atoms with Crippen molar-refractivity contribution >= 4 is 23.4 Å².